The van der Waals surface area contributed by atoms with Crippen LogP contribution in [0.3, 0.4) is 0 Å². The van der Waals surface area contributed by atoms with Gasteiger partial charge in [0.05, 0.1) is 4.88 Å². The molecule has 0 radical (unpaired) electrons. The molecule has 1 fully saturated rings. The van der Waals surface area contributed by atoms with Crippen LogP contribution in [0.15, 0.2) is 41.8 Å². The normalized spacial score (nSPS) is 14.7. The highest BCUT2D eigenvalue weighted by Crippen LogP contribution is 2.18. The number of nitrogens with zero attached hydrogens (tertiary/aromatic N) is 2. The molecule has 5 heteroatoms. The third-order valence-electron chi connectivity index (χ3n) is 4.36. The summed E-state index contributed by atoms with van der Waals surface area (Å²) in [6.45, 7) is 5.22. The van der Waals surface area contributed by atoms with Crippen LogP contribution in [0.5, 0.6) is 0 Å². The predicted molar refractivity (Wildman–Crippen MR) is 97.9 cm³/mol. The molecule has 1 amide bonds. The molecule has 2 aromatic rings. The Kier molecular flexibility index (Phi) is 5.30. The van der Waals surface area contributed by atoms with Gasteiger partial charge in [-0.25, -0.2) is 0 Å². The molecule has 3 rings (SSSR count). The van der Waals surface area contributed by atoms with Crippen molar-refractivity contribution in [3.8, 4) is 0 Å². The highest BCUT2D eigenvalue weighted by atomic mass is 32.1. The van der Waals surface area contributed by atoms with Gasteiger partial charge in [0, 0.05) is 44.7 Å². The Morgan fingerprint density at radius 3 is 2.50 bits per heavy atom. The molecule has 0 saturated carbocycles. The van der Waals surface area contributed by atoms with Gasteiger partial charge in [-0.3, -0.25) is 9.59 Å². The lowest BCUT2D eigenvalue weighted by Gasteiger charge is -2.36. The van der Waals surface area contributed by atoms with E-state index in [1.165, 1.54) is 22.6 Å². The number of carbonyl (C=O) groups is 2. The van der Waals surface area contributed by atoms with Crippen LogP contribution in [0.2, 0.25) is 0 Å². The smallest absolute Gasteiger partial charge is 0.223 e. The number of ketones is 1. The topological polar surface area (TPSA) is 40.6 Å². The van der Waals surface area contributed by atoms with Gasteiger partial charge in [0.15, 0.2) is 5.78 Å². The first-order chi connectivity index (χ1) is 11.6. The molecule has 0 atom stereocenters. The molecule has 1 aromatic carbocycles. The maximum absolute atomic E-state index is 12.3. The van der Waals surface area contributed by atoms with Crippen LogP contribution in [0.1, 0.15) is 28.1 Å². The Bertz CT molecular complexity index is 704. The Balaban J connectivity index is 1.47. The van der Waals surface area contributed by atoms with Crippen LogP contribution in [0, 0.1) is 6.92 Å². The first kappa shape index (κ1) is 16.7. The minimum atomic E-state index is 0.0664. The average molecular weight is 342 g/mol. The Hall–Kier alpha value is -2.14. The summed E-state index contributed by atoms with van der Waals surface area (Å²) in [5.74, 6) is 0.153. The fraction of sp³-hybridized carbons (Fsp3) is 0.368. The molecule has 0 aliphatic carbocycles. The van der Waals surface area contributed by atoms with Crippen LogP contribution < -0.4 is 4.90 Å². The number of aryl methyl sites for hydroxylation is 1. The van der Waals surface area contributed by atoms with Gasteiger partial charge in [-0.1, -0.05) is 18.2 Å². The quantitative estimate of drug-likeness (QED) is 0.782. The molecule has 2 heterocycles. The van der Waals surface area contributed by atoms with Crippen LogP contribution >= 0.6 is 11.3 Å². The van der Waals surface area contributed by atoms with E-state index in [9.17, 15) is 9.59 Å². The summed E-state index contributed by atoms with van der Waals surface area (Å²) in [6, 6.07) is 12.1. The zero-order chi connectivity index (χ0) is 16.9. The lowest BCUT2D eigenvalue weighted by atomic mass is 10.1. The van der Waals surface area contributed by atoms with Crippen molar-refractivity contribution in [3.63, 3.8) is 0 Å². The molecule has 1 aliphatic heterocycles. The van der Waals surface area contributed by atoms with E-state index in [-0.39, 0.29) is 11.7 Å². The number of benzene rings is 1. The van der Waals surface area contributed by atoms with Gasteiger partial charge in [-0.15, -0.1) is 11.3 Å². The summed E-state index contributed by atoms with van der Waals surface area (Å²) in [4.78, 5) is 29.3. The molecule has 0 spiro atoms. The molecule has 1 saturated heterocycles. The molecular weight excluding hydrogens is 320 g/mol. The van der Waals surface area contributed by atoms with Crippen LogP contribution in [0.25, 0.3) is 0 Å². The third kappa shape index (κ3) is 4.03. The third-order valence-corrected chi connectivity index (χ3v) is 5.27. The molecule has 1 aromatic heterocycles. The van der Waals surface area contributed by atoms with E-state index in [0.29, 0.717) is 12.8 Å². The largest absolute Gasteiger partial charge is 0.368 e. The van der Waals surface area contributed by atoms with Crippen LogP contribution in [0.4, 0.5) is 5.69 Å². The van der Waals surface area contributed by atoms with E-state index in [2.05, 4.69) is 36.1 Å². The first-order valence-electron chi connectivity index (χ1n) is 8.29. The average Bonchev–Trinajstić information content (AvgIpc) is 3.14. The predicted octanol–water partition coefficient (Wildman–Crippen LogP) is 3.37. The van der Waals surface area contributed by atoms with Crippen LogP contribution in [-0.4, -0.2) is 42.8 Å². The Labute approximate surface area is 146 Å². The zero-order valence-corrected chi connectivity index (χ0v) is 14.7. The van der Waals surface area contributed by atoms with Crippen molar-refractivity contribution >= 4 is 28.7 Å². The summed E-state index contributed by atoms with van der Waals surface area (Å²) in [7, 11) is 0. The summed E-state index contributed by atoms with van der Waals surface area (Å²) in [5, 5.41) is 1.89. The molecule has 126 valence electrons. The van der Waals surface area contributed by atoms with E-state index in [0.717, 1.165) is 31.1 Å². The van der Waals surface area contributed by atoms with Gasteiger partial charge in [0.25, 0.3) is 0 Å². The number of hydrogen-bond acceptors (Lipinski definition) is 4. The number of hydrogen-bond donors (Lipinski definition) is 0. The molecule has 0 unspecified atom stereocenters. The molecule has 24 heavy (non-hydrogen) atoms. The second kappa shape index (κ2) is 7.62. The summed E-state index contributed by atoms with van der Waals surface area (Å²) in [5.41, 5.74) is 2.47. The minimum Gasteiger partial charge on any atom is -0.368 e. The van der Waals surface area contributed by atoms with Gasteiger partial charge in [0.2, 0.25) is 5.91 Å². The highest BCUT2D eigenvalue weighted by molar-refractivity contribution is 7.12. The number of amides is 1. The Morgan fingerprint density at radius 2 is 1.83 bits per heavy atom. The van der Waals surface area contributed by atoms with Crippen molar-refractivity contribution in [3.05, 3.63) is 52.2 Å². The molecular formula is C19H22N2O2S. The number of Topliss-reactive ketones (excluding diaryl/α,β-unsaturated/α-hetero) is 1. The summed E-state index contributed by atoms with van der Waals surface area (Å²) < 4.78 is 0. The fourth-order valence-electron chi connectivity index (χ4n) is 2.98. The van der Waals surface area contributed by atoms with E-state index < -0.39 is 0 Å². The number of thiophene rings is 1. The van der Waals surface area contributed by atoms with E-state index >= 15 is 0 Å². The van der Waals surface area contributed by atoms with Crippen LogP contribution in [-0.2, 0) is 4.79 Å². The molecule has 1 aliphatic rings. The number of rotatable bonds is 5. The van der Waals surface area contributed by atoms with Crippen molar-refractivity contribution in [2.24, 2.45) is 0 Å². The van der Waals surface area contributed by atoms with Crippen molar-refractivity contribution in [2.75, 3.05) is 31.1 Å². The number of piperazine rings is 1. The standard InChI is InChI=1S/C19H22N2O2S/c1-15-4-2-5-16(14-15)20-9-11-21(12-10-20)19(23)8-7-17(22)18-6-3-13-24-18/h2-6,13-14H,7-12H2,1H3. The minimum absolute atomic E-state index is 0.0664. The van der Waals surface area contributed by atoms with Crippen molar-refractivity contribution in [1.29, 1.82) is 0 Å². The van der Waals surface area contributed by atoms with E-state index in [1.807, 2.05) is 22.4 Å². The number of carbonyl (C=O) groups excluding carboxylic acids is 2. The zero-order valence-electron chi connectivity index (χ0n) is 13.9. The van der Waals surface area contributed by atoms with E-state index in [4.69, 9.17) is 0 Å². The Morgan fingerprint density at radius 1 is 1.04 bits per heavy atom. The first-order valence-corrected chi connectivity index (χ1v) is 9.17. The van der Waals surface area contributed by atoms with Crippen molar-refractivity contribution in [1.82, 2.24) is 4.90 Å². The highest BCUT2D eigenvalue weighted by Gasteiger charge is 2.22. The SMILES string of the molecule is Cc1cccc(N2CCN(C(=O)CCC(=O)c3cccs3)CC2)c1. The number of anilines is 1. The fourth-order valence-corrected chi connectivity index (χ4v) is 3.67. The van der Waals surface area contributed by atoms with E-state index in [1.54, 1.807) is 0 Å². The molecule has 0 bridgehead atoms. The van der Waals surface area contributed by atoms with Gasteiger partial charge in [0.1, 0.15) is 0 Å². The van der Waals surface area contributed by atoms with Crippen molar-refractivity contribution in [2.45, 2.75) is 19.8 Å². The van der Waals surface area contributed by atoms with Gasteiger partial charge >= 0.3 is 0 Å². The maximum Gasteiger partial charge on any atom is 0.223 e. The monoisotopic (exact) mass is 342 g/mol. The molecule has 0 N–H and O–H groups in total. The lowest BCUT2D eigenvalue weighted by molar-refractivity contribution is -0.131. The molecule has 4 nitrogen and oxygen atoms in total. The second-order valence-corrected chi connectivity index (χ2v) is 7.06. The lowest BCUT2D eigenvalue weighted by Crippen LogP contribution is -2.48. The van der Waals surface area contributed by atoms with Gasteiger partial charge in [-0.2, -0.15) is 0 Å². The van der Waals surface area contributed by atoms with Gasteiger partial charge in [-0.05, 0) is 36.1 Å². The van der Waals surface area contributed by atoms with Gasteiger partial charge < -0.3 is 9.80 Å². The summed E-state index contributed by atoms with van der Waals surface area (Å²) >= 11 is 1.44. The maximum atomic E-state index is 12.3. The second-order valence-electron chi connectivity index (χ2n) is 6.11. The summed E-state index contributed by atoms with van der Waals surface area (Å²) in [6.07, 6.45) is 0.610. The van der Waals surface area contributed by atoms with Crippen molar-refractivity contribution < 1.29 is 9.59 Å².